The van der Waals surface area contributed by atoms with Crippen LogP contribution in [0, 0.1) is 6.92 Å². The van der Waals surface area contributed by atoms with Crippen LogP contribution in [-0.2, 0) is 4.74 Å². The molecule has 0 radical (unpaired) electrons. The zero-order chi connectivity index (χ0) is 13.8. The quantitative estimate of drug-likeness (QED) is 0.884. The third kappa shape index (κ3) is 3.28. The van der Waals surface area contributed by atoms with E-state index in [2.05, 4.69) is 38.2 Å². The van der Waals surface area contributed by atoms with Crippen LogP contribution in [0.2, 0.25) is 0 Å². The molecule has 0 bridgehead atoms. The molecule has 0 saturated carbocycles. The number of hydrogen-bond donors (Lipinski definition) is 1. The Labute approximate surface area is 116 Å². The van der Waals surface area contributed by atoms with E-state index in [-0.39, 0.29) is 12.1 Å². The second-order valence-electron chi connectivity index (χ2n) is 5.34. The molecule has 3 nitrogen and oxygen atoms in total. The van der Waals surface area contributed by atoms with Crippen molar-refractivity contribution in [2.75, 3.05) is 13.7 Å². The van der Waals surface area contributed by atoms with Crippen LogP contribution < -0.4 is 10.1 Å². The van der Waals surface area contributed by atoms with Crippen LogP contribution in [0.25, 0.3) is 0 Å². The highest BCUT2D eigenvalue weighted by Crippen LogP contribution is 2.35. The van der Waals surface area contributed by atoms with E-state index in [1.165, 1.54) is 11.1 Å². The second kappa shape index (κ2) is 6.40. The monoisotopic (exact) mass is 263 g/mol. The van der Waals surface area contributed by atoms with Crippen molar-refractivity contribution in [2.24, 2.45) is 0 Å². The maximum Gasteiger partial charge on any atom is 0.123 e. The number of rotatable bonds is 5. The predicted molar refractivity (Wildman–Crippen MR) is 77.7 cm³/mol. The molecule has 0 aliphatic carbocycles. The van der Waals surface area contributed by atoms with Gasteiger partial charge in [0.05, 0.1) is 25.4 Å². The van der Waals surface area contributed by atoms with Gasteiger partial charge in [0, 0.05) is 5.56 Å². The Hall–Kier alpha value is -1.06. The van der Waals surface area contributed by atoms with Crippen molar-refractivity contribution in [3.8, 4) is 5.75 Å². The molecule has 3 atom stereocenters. The van der Waals surface area contributed by atoms with Gasteiger partial charge in [-0.3, -0.25) is 0 Å². The van der Waals surface area contributed by atoms with Crippen molar-refractivity contribution in [3.63, 3.8) is 0 Å². The van der Waals surface area contributed by atoms with E-state index in [0.717, 1.165) is 25.1 Å². The van der Waals surface area contributed by atoms with Gasteiger partial charge in [0.2, 0.25) is 0 Å². The molecule has 0 aromatic heterocycles. The van der Waals surface area contributed by atoms with E-state index in [4.69, 9.17) is 9.47 Å². The summed E-state index contributed by atoms with van der Waals surface area (Å²) in [6.07, 6.45) is 2.85. The number of methoxy groups -OCH3 is 1. The maximum absolute atomic E-state index is 6.05. The molecule has 0 amide bonds. The van der Waals surface area contributed by atoms with E-state index in [9.17, 15) is 0 Å². The molecule has 2 rings (SSSR count). The van der Waals surface area contributed by atoms with Gasteiger partial charge in [-0.2, -0.15) is 0 Å². The minimum atomic E-state index is 0.213. The topological polar surface area (TPSA) is 30.5 Å². The fraction of sp³-hybridized carbons (Fsp3) is 0.625. The lowest BCUT2D eigenvalue weighted by Crippen LogP contribution is -2.32. The van der Waals surface area contributed by atoms with Crippen LogP contribution >= 0.6 is 0 Å². The van der Waals surface area contributed by atoms with Gasteiger partial charge in [-0.25, -0.2) is 0 Å². The van der Waals surface area contributed by atoms with Crippen molar-refractivity contribution in [1.82, 2.24) is 5.32 Å². The van der Waals surface area contributed by atoms with E-state index >= 15 is 0 Å². The number of ether oxygens (including phenoxy) is 2. The first-order chi connectivity index (χ1) is 9.15. The molecule has 19 heavy (non-hydrogen) atoms. The summed E-state index contributed by atoms with van der Waals surface area (Å²) in [7, 11) is 1.73. The summed E-state index contributed by atoms with van der Waals surface area (Å²) in [5, 5.41) is 3.56. The first kappa shape index (κ1) is 14.4. The molecule has 1 aliphatic heterocycles. The van der Waals surface area contributed by atoms with E-state index in [0.29, 0.717) is 6.10 Å². The first-order valence-electron chi connectivity index (χ1n) is 7.19. The van der Waals surface area contributed by atoms with Gasteiger partial charge in [-0.1, -0.05) is 24.6 Å². The smallest absolute Gasteiger partial charge is 0.123 e. The largest absolute Gasteiger partial charge is 0.496 e. The summed E-state index contributed by atoms with van der Waals surface area (Å²) in [6.45, 7) is 7.32. The van der Waals surface area contributed by atoms with Gasteiger partial charge in [0.25, 0.3) is 0 Å². The number of benzene rings is 1. The predicted octanol–water partition coefficient (Wildman–Crippen LogP) is 3.22. The van der Waals surface area contributed by atoms with Crippen molar-refractivity contribution in [3.05, 3.63) is 29.3 Å². The number of likely N-dealkylation sites (N-methyl/N-ethyl adjacent to an activating group) is 1. The Morgan fingerprint density at radius 3 is 2.79 bits per heavy atom. The van der Waals surface area contributed by atoms with Crippen molar-refractivity contribution in [1.29, 1.82) is 0 Å². The molecule has 3 unspecified atom stereocenters. The Morgan fingerprint density at radius 2 is 2.21 bits per heavy atom. The van der Waals surface area contributed by atoms with Gasteiger partial charge in [-0.15, -0.1) is 0 Å². The summed E-state index contributed by atoms with van der Waals surface area (Å²) < 4.78 is 11.6. The van der Waals surface area contributed by atoms with Crippen LogP contribution in [-0.4, -0.2) is 25.9 Å². The van der Waals surface area contributed by atoms with Gasteiger partial charge in [0.1, 0.15) is 5.75 Å². The van der Waals surface area contributed by atoms with E-state index < -0.39 is 0 Å². The van der Waals surface area contributed by atoms with Crippen LogP contribution in [0.3, 0.4) is 0 Å². The summed E-state index contributed by atoms with van der Waals surface area (Å²) in [6, 6.07) is 6.56. The SMILES string of the molecule is CCNC(c1cc(C)ccc1OC)C1CCC(C)O1. The lowest BCUT2D eigenvalue weighted by molar-refractivity contribution is 0.0314. The highest BCUT2D eigenvalue weighted by molar-refractivity contribution is 5.39. The molecule has 0 spiro atoms. The minimum Gasteiger partial charge on any atom is -0.496 e. The highest BCUT2D eigenvalue weighted by Gasteiger charge is 2.31. The van der Waals surface area contributed by atoms with Gasteiger partial charge in [-0.05, 0) is 39.3 Å². The molecule has 3 heteroatoms. The molecule has 106 valence electrons. The standard InChI is InChI=1S/C16H25NO2/c1-5-17-16(15-9-7-12(3)19-15)13-10-11(2)6-8-14(13)18-4/h6,8,10,12,15-17H,5,7,9H2,1-4H3. The normalized spacial score (nSPS) is 24.4. The molecular weight excluding hydrogens is 238 g/mol. The second-order valence-corrected chi connectivity index (χ2v) is 5.34. The molecular formula is C16H25NO2. The number of aryl methyl sites for hydroxylation is 1. The summed E-state index contributed by atoms with van der Waals surface area (Å²) in [5.41, 5.74) is 2.47. The van der Waals surface area contributed by atoms with Crippen molar-refractivity contribution < 1.29 is 9.47 Å². The summed E-state index contributed by atoms with van der Waals surface area (Å²) in [5.74, 6) is 0.944. The fourth-order valence-electron chi connectivity index (χ4n) is 2.84. The van der Waals surface area contributed by atoms with Gasteiger partial charge >= 0.3 is 0 Å². The zero-order valence-electron chi connectivity index (χ0n) is 12.4. The van der Waals surface area contributed by atoms with Crippen molar-refractivity contribution in [2.45, 2.75) is 51.9 Å². The van der Waals surface area contributed by atoms with Gasteiger partial charge < -0.3 is 14.8 Å². The first-order valence-corrected chi connectivity index (χ1v) is 7.19. The third-order valence-electron chi connectivity index (χ3n) is 3.78. The Morgan fingerprint density at radius 1 is 1.42 bits per heavy atom. The number of nitrogens with one attached hydrogen (secondary N) is 1. The summed E-state index contributed by atoms with van der Waals surface area (Å²) in [4.78, 5) is 0. The molecule has 1 aromatic rings. The zero-order valence-corrected chi connectivity index (χ0v) is 12.4. The average molecular weight is 263 g/mol. The maximum atomic E-state index is 6.05. The summed E-state index contributed by atoms with van der Waals surface area (Å²) >= 11 is 0. The lowest BCUT2D eigenvalue weighted by atomic mass is 9.96. The van der Waals surface area contributed by atoms with Crippen LogP contribution in [0.5, 0.6) is 5.75 Å². The van der Waals surface area contributed by atoms with E-state index in [1.807, 2.05) is 6.07 Å². The molecule has 1 aromatic carbocycles. The molecule has 1 N–H and O–H groups in total. The van der Waals surface area contributed by atoms with Crippen LogP contribution in [0.4, 0.5) is 0 Å². The Bertz CT molecular complexity index is 419. The fourth-order valence-corrected chi connectivity index (χ4v) is 2.84. The van der Waals surface area contributed by atoms with E-state index in [1.54, 1.807) is 7.11 Å². The highest BCUT2D eigenvalue weighted by atomic mass is 16.5. The molecule has 1 aliphatic rings. The Balaban J connectivity index is 2.30. The van der Waals surface area contributed by atoms with Crippen LogP contribution in [0.15, 0.2) is 18.2 Å². The molecule has 1 saturated heterocycles. The van der Waals surface area contributed by atoms with Gasteiger partial charge in [0.15, 0.2) is 0 Å². The molecule has 1 fully saturated rings. The number of hydrogen-bond acceptors (Lipinski definition) is 3. The Kier molecular flexibility index (Phi) is 4.83. The van der Waals surface area contributed by atoms with Crippen LogP contribution in [0.1, 0.15) is 43.9 Å². The van der Waals surface area contributed by atoms with Crippen molar-refractivity contribution >= 4 is 0 Å². The third-order valence-corrected chi connectivity index (χ3v) is 3.78. The average Bonchev–Trinajstić information content (AvgIpc) is 2.82. The molecule has 1 heterocycles. The lowest BCUT2D eigenvalue weighted by Gasteiger charge is -2.26. The minimum absolute atomic E-state index is 0.213.